The largest absolute Gasteiger partial charge is 0.419 e. The van der Waals surface area contributed by atoms with Gasteiger partial charge in [-0.3, -0.25) is 38.9 Å². The molecular formula is C33H25F3N8O5. The number of benzene rings is 1. The van der Waals surface area contributed by atoms with E-state index in [9.17, 15) is 37.1 Å². The van der Waals surface area contributed by atoms with Crippen LogP contribution in [-0.2, 0) is 26.1 Å². The van der Waals surface area contributed by atoms with Gasteiger partial charge in [-0.2, -0.15) is 23.5 Å². The second-order valence-electron chi connectivity index (χ2n) is 12.3. The first-order chi connectivity index (χ1) is 23.4. The lowest BCUT2D eigenvalue weighted by Crippen LogP contribution is -2.54. The molecule has 4 aliphatic rings. The Morgan fingerprint density at radius 3 is 2.49 bits per heavy atom. The highest BCUT2D eigenvalue weighted by atomic mass is 19.4. The Morgan fingerprint density at radius 2 is 1.82 bits per heavy atom. The van der Waals surface area contributed by atoms with E-state index in [1.807, 2.05) is 4.90 Å². The average molecular weight is 671 g/mol. The van der Waals surface area contributed by atoms with Gasteiger partial charge in [0.2, 0.25) is 11.8 Å². The number of pyridine rings is 1. The van der Waals surface area contributed by atoms with E-state index < -0.39 is 58.6 Å². The number of carbonyl (C=O) groups excluding carboxylic acids is 5. The summed E-state index contributed by atoms with van der Waals surface area (Å²) in [6.07, 6.45) is 0.986. The zero-order chi connectivity index (χ0) is 34.7. The van der Waals surface area contributed by atoms with Crippen molar-refractivity contribution >= 4 is 40.9 Å². The van der Waals surface area contributed by atoms with Crippen LogP contribution < -0.4 is 15.5 Å². The van der Waals surface area contributed by atoms with E-state index in [1.165, 1.54) is 16.9 Å². The van der Waals surface area contributed by atoms with Gasteiger partial charge in [0, 0.05) is 31.4 Å². The lowest BCUT2D eigenvalue weighted by atomic mass is 9.76. The van der Waals surface area contributed by atoms with Crippen LogP contribution in [-0.4, -0.2) is 68.3 Å². The molecular weight excluding hydrogens is 645 g/mol. The highest BCUT2D eigenvalue weighted by molar-refractivity contribution is 6.23. The van der Waals surface area contributed by atoms with Gasteiger partial charge in [0.25, 0.3) is 17.7 Å². The molecule has 2 N–H and O–H groups in total. The van der Waals surface area contributed by atoms with E-state index >= 15 is 0 Å². The maximum Gasteiger partial charge on any atom is 0.419 e. The van der Waals surface area contributed by atoms with Crippen LogP contribution in [0.5, 0.6) is 0 Å². The number of amides is 5. The third-order valence-electron chi connectivity index (χ3n) is 9.27. The van der Waals surface area contributed by atoms with Gasteiger partial charge in [0.15, 0.2) is 5.69 Å². The molecule has 16 heteroatoms. The number of nitriles is 1. The van der Waals surface area contributed by atoms with Crippen molar-refractivity contribution in [1.29, 1.82) is 5.26 Å². The van der Waals surface area contributed by atoms with Crippen LogP contribution >= 0.6 is 0 Å². The number of hydrogen-bond acceptors (Lipinski definition) is 9. The van der Waals surface area contributed by atoms with Gasteiger partial charge in [0.05, 0.1) is 46.3 Å². The fraction of sp³-hybridized carbons (Fsp3) is 0.333. The number of rotatable bonds is 5. The molecule has 3 aliphatic heterocycles. The Bertz CT molecular complexity index is 2060. The number of aromatic nitrogens is 3. The summed E-state index contributed by atoms with van der Waals surface area (Å²) in [4.78, 5) is 69.7. The number of carbonyl (C=O) groups is 5. The monoisotopic (exact) mass is 670 g/mol. The molecule has 1 unspecified atom stereocenters. The highest BCUT2D eigenvalue weighted by Gasteiger charge is 2.48. The third-order valence-corrected chi connectivity index (χ3v) is 9.27. The molecule has 2 aromatic heterocycles. The van der Waals surface area contributed by atoms with Crippen LogP contribution in [0.4, 0.5) is 24.5 Å². The average Bonchev–Trinajstić information content (AvgIpc) is 3.57. The smallest absolute Gasteiger partial charge is 0.369 e. The predicted molar refractivity (Wildman–Crippen MR) is 162 cm³/mol. The van der Waals surface area contributed by atoms with Gasteiger partial charge < -0.3 is 10.2 Å². The lowest BCUT2D eigenvalue weighted by molar-refractivity contribution is -0.138. The summed E-state index contributed by atoms with van der Waals surface area (Å²) in [6.45, 7) is 1.09. The van der Waals surface area contributed by atoms with Crippen molar-refractivity contribution in [2.45, 2.75) is 49.9 Å². The molecule has 5 heterocycles. The molecule has 5 amide bonds. The highest BCUT2D eigenvalue weighted by Crippen LogP contribution is 2.41. The van der Waals surface area contributed by atoms with E-state index in [0.717, 1.165) is 11.1 Å². The molecule has 1 aromatic carbocycles. The van der Waals surface area contributed by atoms with Crippen molar-refractivity contribution in [3.8, 4) is 17.9 Å². The Morgan fingerprint density at radius 1 is 1.06 bits per heavy atom. The molecule has 0 spiro atoms. The van der Waals surface area contributed by atoms with Gasteiger partial charge in [-0.05, 0) is 49.9 Å². The Balaban J connectivity index is 0.991. The summed E-state index contributed by atoms with van der Waals surface area (Å²) in [5.74, 6) is 3.40. The Hall–Kier alpha value is -6.03. The van der Waals surface area contributed by atoms with E-state index in [4.69, 9.17) is 5.26 Å². The normalized spacial score (nSPS) is 20.0. The molecule has 7 rings (SSSR count). The molecule has 3 aromatic rings. The van der Waals surface area contributed by atoms with E-state index in [2.05, 4.69) is 32.6 Å². The number of anilines is 2. The summed E-state index contributed by atoms with van der Waals surface area (Å²) in [5.41, 5.74) is -1.66. The molecule has 3 fully saturated rings. The first-order valence-corrected chi connectivity index (χ1v) is 15.3. The second kappa shape index (κ2) is 11.6. The summed E-state index contributed by atoms with van der Waals surface area (Å²) in [5, 5.41) is 18.0. The zero-order valence-electron chi connectivity index (χ0n) is 25.5. The van der Waals surface area contributed by atoms with Crippen molar-refractivity contribution < 1.29 is 37.1 Å². The number of piperidine rings is 1. The summed E-state index contributed by atoms with van der Waals surface area (Å²) in [7, 11) is 0. The van der Waals surface area contributed by atoms with Gasteiger partial charge in [-0.25, -0.2) is 4.98 Å². The van der Waals surface area contributed by atoms with Crippen LogP contribution in [0.2, 0.25) is 0 Å². The predicted octanol–water partition coefficient (Wildman–Crippen LogP) is 2.58. The number of halogens is 3. The lowest BCUT2D eigenvalue weighted by Gasteiger charge is -2.40. The molecule has 0 bridgehead atoms. The molecule has 248 valence electrons. The summed E-state index contributed by atoms with van der Waals surface area (Å²) >= 11 is 0. The third kappa shape index (κ3) is 5.44. The summed E-state index contributed by atoms with van der Waals surface area (Å²) in [6, 6.07) is 5.97. The first kappa shape index (κ1) is 31.6. The van der Waals surface area contributed by atoms with E-state index in [1.54, 1.807) is 24.4 Å². The minimum Gasteiger partial charge on any atom is -0.369 e. The van der Waals surface area contributed by atoms with Crippen molar-refractivity contribution in [1.82, 2.24) is 25.0 Å². The van der Waals surface area contributed by atoms with Crippen molar-refractivity contribution in [3.05, 3.63) is 70.8 Å². The number of nitrogens with one attached hydrogen (secondary N) is 2. The first-order valence-electron chi connectivity index (χ1n) is 15.3. The van der Waals surface area contributed by atoms with Gasteiger partial charge in [-0.15, -0.1) is 0 Å². The topological polar surface area (TPSA) is 170 Å². The molecule has 2 saturated heterocycles. The number of imide groups is 2. The van der Waals surface area contributed by atoms with E-state index in [-0.39, 0.29) is 35.6 Å². The number of nitrogens with zero attached hydrogens (tertiary/aromatic N) is 6. The maximum absolute atomic E-state index is 13.4. The molecule has 49 heavy (non-hydrogen) atoms. The number of hydrogen-bond donors (Lipinski definition) is 2. The molecule has 0 radical (unpaired) electrons. The van der Waals surface area contributed by atoms with Crippen LogP contribution in [0, 0.1) is 29.1 Å². The van der Waals surface area contributed by atoms with Gasteiger partial charge in [0.1, 0.15) is 17.6 Å². The van der Waals surface area contributed by atoms with E-state index in [0.29, 0.717) is 49.7 Å². The number of alkyl halides is 3. The zero-order valence-corrected chi connectivity index (χ0v) is 25.5. The quantitative estimate of drug-likeness (QED) is 0.306. The molecule has 1 atom stereocenters. The Kier molecular flexibility index (Phi) is 7.46. The summed E-state index contributed by atoms with van der Waals surface area (Å²) < 4.78 is 41.6. The van der Waals surface area contributed by atoms with Gasteiger partial charge >= 0.3 is 6.18 Å². The van der Waals surface area contributed by atoms with Crippen LogP contribution in [0.1, 0.15) is 69.6 Å². The van der Waals surface area contributed by atoms with Crippen molar-refractivity contribution in [2.24, 2.45) is 5.92 Å². The Labute approximate surface area is 276 Å². The molecule has 1 saturated carbocycles. The fourth-order valence-electron chi connectivity index (χ4n) is 6.40. The van der Waals surface area contributed by atoms with Crippen LogP contribution in [0.3, 0.4) is 0 Å². The van der Waals surface area contributed by atoms with Gasteiger partial charge in [-0.1, -0.05) is 11.8 Å². The number of fused-ring (bicyclic) bond motifs is 1. The molecule has 13 nitrogen and oxygen atoms in total. The molecule has 1 aliphatic carbocycles. The SMILES string of the molecule is N#Cc1ncc(NC(=O)C2(n3cc(C#CC4CN(c5ccc6c(c5)C(=O)N(C5CCC(=O)NC5=O)C6=O)C4)cn3)CCC2)cc1C(F)(F)F. The second-order valence-corrected chi connectivity index (χ2v) is 12.3. The van der Waals surface area contributed by atoms with Crippen molar-refractivity contribution in [3.63, 3.8) is 0 Å². The van der Waals surface area contributed by atoms with Crippen LogP contribution in [0.25, 0.3) is 0 Å². The fourth-order valence-corrected chi connectivity index (χ4v) is 6.40. The minimum absolute atomic E-state index is 0.0263. The minimum atomic E-state index is -4.82. The van der Waals surface area contributed by atoms with Crippen LogP contribution in [0.15, 0.2) is 42.9 Å². The maximum atomic E-state index is 13.4. The standard InChI is InChI=1S/C33H25F3N8O5/c34-33(35,36)24-10-20(14-38-25(24)12-37)40-31(49)32(8-1-9-32)43-17-18(13-39-43)2-3-19-15-42(16-19)21-4-5-22-23(11-21)30(48)44(29(22)47)26-6-7-27(45)41-28(26)46/h4-5,10-11,13-14,17,19,26H,1,6-9,15-16H2,(H,40,49)(H,41,45,46). The van der Waals surface area contributed by atoms with Crippen molar-refractivity contribution in [2.75, 3.05) is 23.3 Å².